The van der Waals surface area contributed by atoms with E-state index >= 15 is 0 Å². The predicted octanol–water partition coefficient (Wildman–Crippen LogP) is 1.96. The first-order valence-corrected chi connectivity index (χ1v) is 4.98. The molecule has 0 fully saturated rings. The van der Waals surface area contributed by atoms with Crippen LogP contribution in [0.4, 0.5) is 0 Å². The number of hydrogen-bond acceptors (Lipinski definition) is 2. The number of halogens is 1. The minimum atomic E-state index is -0.419. The molecule has 0 aromatic carbocycles. The van der Waals surface area contributed by atoms with Crippen molar-refractivity contribution >= 4 is 17.4 Å². The molecular formula is C9H18ClNO. The highest BCUT2D eigenvalue weighted by Gasteiger charge is 2.28. The summed E-state index contributed by atoms with van der Waals surface area (Å²) in [5.41, 5.74) is -0.419. The topological polar surface area (TPSA) is 29.1 Å². The Bertz CT molecular complexity index is 149. The molecule has 12 heavy (non-hydrogen) atoms. The van der Waals surface area contributed by atoms with Crippen molar-refractivity contribution < 1.29 is 4.79 Å². The number of ketones is 1. The number of Topliss-reactive ketones (excluding diaryl/α,β-unsaturated/α-hetero) is 1. The Labute approximate surface area is 79.7 Å². The maximum Gasteiger partial charge on any atom is 0.167 e. The SMILES string of the molecule is CCCNC(C)(CC)C(=O)CCl. The lowest BCUT2D eigenvalue weighted by Gasteiger charge is -2.27. The van der Waals surface area contributed by atoms with Crippen LogP contribution < -0.4 is 5.32 Å². The monoisotopic (exact) mass is 191 g/mol. The lowest BCUT2D eigenvalue weighted by molar-refractivity contribution is -0.122. The van der Waals surface area contributed by atoms with E-state index in [1.807, 2.05) is 13.8 Å². The van der Waals surface area contributed by atoms with E-state index in [-0.39, 0.29) is 11.7 Å². The van der Waals surface area contributed by atoms with Crippen molar-refractivity contribution in [2.24, 2.45) is 0 Å². The Morgan fingerprint density at radius 1 is 1.50 bits per heavy atom. The Balaban J connectivity index is 4.13. The van der Waals surface area contributed by atoms with Gasteiger partial charge >= 0.3 is 0 Å². The van der Waals surface area contributed by atoms with Crippen LogP contribution in [0.1, 0.15) is 33.6 Å². The lowest BCUT2D eigenvalue weighted by atomic mass is 9.94. The summed E-state index contributed by atoms with van der Waals surface area (Å²) < 4.78 is 0. The van der Waals surface area contributed by atoms with E-state index in [0.29, 0.717) is 0 Å². The highest BCUT2D eigenvalue weighted by molar-refractivity contribution is 6.28. The fraction of sp³-hybridized carbons (Fsp3) is 0.889. The maximum absolute atomic E-state index is 11.4. The summed E-state index contributed by atoms with van der Waals surface area (Å²) in [6.07, 6.45) is 1.82. The van der Waals surface area contributed by atoms with Crippen LogP contribution in [0.25, 0.3) is 0 Å². The Kier molecular flexibility index (Phi) is 5.51. The highest BCUT2D eigenvalue weighted by atomic mass is 35.5. The van der Waals surface area contributed by atoms with Gasteiger partial charge in [0.2, 0.25) is 0 Å². The third kappa shape index (κ3) is 3.11. The van der Waals surface area contributed by atoms with Crippen LogP contribution in [-0.2, 0) is 4.79 Å². The lowest BCUT2D eigenvalue weighted by Crippen LogP contribution is -2.49. The van der Waals surface area contributed by atoms with Gasteiger partial charge in [-0.05, 0) is 26.3 Å². The molecular weight excluding hydrogens is 174 g/mol. The molecule has 0 heterocycles. The van der Waals surface area contributed by atoms with E-state index in [0.717, 1.165) is 19.4 Å². The van der Waals surface area contributed by atoms with E-state index in [9.17, 15) is 4.79 Å². The van der Waals surface area contributed by atoms with Gasteiger partial charge in [-0.1, -0.05) is 13.8 Å². The number of nitrogens with one attached hydrogen (secondary N) is 1. The normalized spacial score (nSPS) is 15.7. The van der Waals surface area contributed by atoms with Gasteiger partial charge in [0.15, 0.2) is 5.78 Å². The minimum Gasteiger partial charge on any atom is -0.305 e. The zero-order chi connectivity index (χ0) is 9.61. The first kappa shape index (κ1) is 11.9. The third-order valence-electron chi connectivity index (χ3n) is 2.21. The summed E-state index contributed by atoms with van der Waals surface area (Å²) >= 11 is 5.50. The quantitative estimate of drug-likeness (QED) is 0.651. The third-order valence-corrected chi connectivity index (χ3v) is 2.45. The number of hydrogen-bond donors (Lipinski definition) is 1. The average Bonchev–Trinajstić information content (AvgIpc) is 2.12. The highest BCUT2D eigenvalue weighted by Crippen LogP contribution is 2.11. The Hall–Kier alpha value is -0.0800. The molecule has 0 aliphatic heterocycles. The van der Waals surface area contributed by atoms with E-state index in [2.05, 4.69) is 12.2 Å². The van der Waals surface area contributed by atoms with Crippen LogP contribution in [0, 0.1) is 0 Å². The molecule has 2 nitrogen and oxygen atoms in total. The second-order valence-electron chi connectivity index (χ2n) is 3.17. The standard InChI is InChI=1S/C9H18ClNO/c1-4-6-11-9(3,5-2)8(12)7-10/h11H,4-7H2,1-3H3. The largest absolute Gasteiger partial charge is 0.305 e. The Morgan fingerprint density at radius 2 is 2.08 bits per heavy atom. The van der Waals surface area contributed by atoms with Gasteiger partial charge in [0.05, 0.1) is 11.4 Å². The van der Waals surface area contributed by atoms with Gasteiger partial charge in [-0.25, -0.2) is 0 Å². The van der Waals surface area contributed by atoms with Gasteiger partial charge in [0.1, 0.15) is 0 Å². The summed E-state index contributed by atoms with van der Waals surface area (Å²) in [5, 5.41) is 3.21. The van der Waals surface area contributed by atoms with E-state index in [1.165, 1.54) is 0 Å². The van der Waals surface area contributed by atoms with Crippen LogP contribution in [-0.4, -0.2) is 23.7 Å². The van der Waals surface area contributed by atoms with Crippen molar-refractivity contribution in [2.75, 3.05) is 12.4 Å². The van der Waals surface area contributed by atoms with Gasteiger partial charge < -0.3 is 5.32 Å². The maximum atomic E-state index is 11.4. The second kappa shape index (κ2) is 5.55. The van der Waals surface area contributed by atoms with Crippen LogP contribution in [0.2, 0.25) is 0 Å². The van der Waals surface area contributed by atoms with E-state index in [4.69, 9.17) is 11.6 Å². The first-order valence-electron chi connectivity index (χ1n) is 4.45. The summed E-state index contributed by atoms with van der Waals surface area (Å²) in [6.45, 7) is 6.85. The van der Waals surface area contributed by atoms with Crippen LogP contribution in [0.15, 0.2) is 0 Å². The van der Waals surface area contributed by atoms with Crippen LogP contribution in [0.5, 0.6) is 0 Å². The Morgan fingerprint density at radius 3 is 2.42 bits per heavy atom. The number of carbonyl (C=O) groups is 1. The summed E-state index contributed by atoms with van der Waals surface area (Å²) in [7, 11) is 0. The molecule has 0 bridgehead atoms. The minimum absolute atomic E-state index is 0.0834. The fourth-order valence-corrected chi connectivity index (χ4v) is 1.26. The molecule has 0 radical (unpaired) electrons. The van der Waals surface area contributed by atoms with Crippen molar-refractivity contribution in [3.8, 4) is 0 Å². The molecule has 0 spiro atoms. The van der Waals surface area contributed by atoms with Gasteiger partial charge in [-0.3, -0.25) is 4.79 Å². The molecule has 0 rings (SSSR count). The fourth-order valence-electron chi connectivity index (χ4n) is 0.969. The van der Waals surface area contributed by atoms with Gasteiger partial charge in [0.25, 0.3) is 0 Å². The molecule has 1 atom stereocenters. The molecule has 0 aromatic heterocycles. The summed E-state index contributed by atoms with van der Waals surface area (Å²) in [4.78, 5) is 11.4. The van der Waals surface area contributed by atoms with Gasteiger partial charge in [-0.15, -0.1) is 11.6 Å². The molecule has 0 amide bonds. The first-order chi connectivity index (χ1) is 5.60. The molecule has 1 N–H and O–H groups in total. The molecule has 3 heteroatoms. The molecule has 0 aromatic rings. The number of carbonyl (C=O) groups excluding carboxylic acids is 1. The molecule has 0 aliphatic carbocycles. The van der Waals surface area contributed by atoms with Crippen molar-refractivity contribution in [3.05, 3.63) is 0 Å². The average molecular weight is 192 g/mol. The van der Waals surface area contributed by atoms with E-state index < -0.39 is 5.54 Å². The van der Waals surface area contributed by atoms with E-state index in [1.54, 1.807) is 0 Å². The van der Waals surface area contributed by atoms with Crippen molar-refractivity contribution in [3.63, 3.8) is 0 Å². The van der Waals surface area contributed by atoms with Crippen molar-refractivity contribution in [1.29, 1.82) is 0 Å². The van der Waals surface area contributed by atoms with Gasteiger partial charge in [-0.2, -0.15) is 0 Å². The van der Waals surface area contributed by atoms with Crippen LogP contribution >= 0.6 is 11.6 Å². The second-order valence-corrected chi connectivity index (χ2v) is 3.44. The zero-order valence-corrected chi connectivity index (χ0v) is 8.87. The predicted molar refractivity (Wildman–Crippen MR) is 52.7 cm³/mol. The van der Waals surface area contributed by atoms with Crippen molar-refractivity contribution in [1.82, 2.24) is 5.32 Å². The summed E-state index contributed by atoms with van der Waals surface area (Å²) in [5.74, 6) is 0.182. The van der Waals surface area contributed by atoms with Gasteiger partial charge in [0, 0.05) is 0 Å². The molecule has 0 aliphatic rings. The summed E-state index contributed by atoms with van der Waals surface area (Å²) in [6, 6.07) is 0. The molecule has 72 valence electrons. The van der Waals surface area contributed by atoms with Crippen molar-refractivity contribution in [2.45, 2.75) is 39.2 Å². The number of alkyl halides is 1. The zero-order valence-electron chi connectivity index (χ0n) is 8.11. The molecule has 0 saturated carbocycles. The molecule has 1 unspecified atom stereocenters. The smallest absolute Gasteiger partial charge is 0.167 e. The number of rotatable bonds is 6. The van der Waals surface area contributed by atoms with Crippen LogP contribution in [0.3, 0.4) is 0 Å². The molecule has 0 saturated heterocycles.